The zero-order valence-electron chi connectivity index (χ0n) is 14.4. The highest BCUT2D eigenvalue weighted by atomic mass is 19.1. The Balaban J connectivity index is 1.49. The zero-order chi connectivity index (χ0) is 17.0. The van der Waals surface area contributed by atoms with Crippen molar-refractivity contribution in [2.45, 2.75) is 19.3 Å². The number of hydrogen-bond acceptors (Lipinski definition) is 3. The summed E-state index contributed by atoms with van der Waals surface area (Å²) in [5.74, 6) is 0.452. The van der Waals surface area contributed by atoms with Gasteiger partial charge in [0, 0.05) is 52.1 Å². The minimum atomic E-state index is -0.198. The van der Waals surface area contributed by atoms with Crippen molar-refractivity contribution < 1.29 is 9.13 Å². The third-order valence-corrected chi connectivity index (χ3v) is 5.17. The molecule has 0 amide bonds. The van der Waals surface area contributed by atoms with Crippen molar-refractivity contribution in [3.63, 3.8) is 0 Å². The summed E-state index contributed by atoms with van der Waals surface area (Å²) < 4.78 is 18.2. The molecule has 5 nitrogen and oxygen atoms in total. The topological polar surface area (TPSA) is 54.1 Å². The zero-order valence-corrected chi connectivity index (χ0v) is 14.4. The average molecular weight is 334 g/mol. The highest BCUT2D eigenvalue weighted by molar-refractivity contribution is 5.78. The van der Waals surface area contributed by atoms with E-state index >= 15 is 0 Å². The van der Waals surface area contributed by atoms with Crippen molar-refractivity contribution in [1.82, 2.24) is 4.90 Å². The minimum Gasteiger partial charge on any atom is -0.385 e. The molecule has 1 aliphatic carbocycles. The van der Waals surface area contributed by atoms with Gasteiger partial charge in [-0.25, -0.2) is 4.39 Å². The van der Waals surface area contributed by atoms with Crippen molar-refractivity contribution in [3.05, 3.63) is 30.1 Å². The van der Waals surface area contributed by atoms with Gasteiger partial charge in [0.25, 0.3) is 0 Å². The van der Waals surface area contributed by atoms with Crippen LogP contribution in [0.4, 0.5) is 10.1 Å². The van der Waals surface area contributed by atoms with E-state index in [1.54, 1.807) is 7.11 Å². The molecule has 0 radical (unpaired) electrons. The molecular weight excluding hydrogens is 307 g/mol. The molecule has 2 N–H and O–H groups in total. The van der Waals surface area contributed by atoms with Crippen molar-refractivity contribution >= 4 is 11.6 Å². The molecule has 1 aromatic rings. The number of methoxy groups -OCH3 is 1. The Kier molecular flexibility index (Phi) is 5.23. The molecule has 0 atom stereocenters. The summed E-state index contributed by atoms with van der Waals surface area (Å²) in [7, 11) is 1.74. The van der Waals surface area contributed by atoms with Gasteiger partial charge in [0.1, 0.15) is 5.82 Å². The Labute approximate surface area is 143 Å². The van der Waals surface area contributed by atoms with Crippen LogP contribution in [0, 0.1) is 11.2 Å². The van der Waals surface area contributed by atoms with Crippen molar-refractivity contribution in [3.8, 4) is 0 Å². The number of halogens is 1. The lowest BCUT2D eigenvalue weighted by Crippen LogP contribution is -2.51. The van der Waals surface area contributed by atoms with Crippen LogP contribution >= 0.6 is 0 Å². The van der Waals surface area contributed by atoms with Gasteiger partial charge < -0.3 is 20.3 Å². The van der Waals surface area contributed by atoms with Crippen molar-refractivity contribution in [2.24, 2.45) is 16.1 Å². The summed E-state index contributed by atoms with van der Waals surface area (Å²) in [5, 5.41) is 0. The first kappa shape index (κ1) is 17.0. The second kappa shape index (κ2) is 7.38. The fourth-order valence-corrected chi connectivity index (χ4v) is 3.18. The van der Waals surface area contributed by atoms with E-state index in [-0.39, 0.29) is 5.82 Å². The van der Waals surface area contributed by atoms with E-state index in [0.29, 0.717) is 11.4 Å². The standard InChI is InChI=1S/C18H27FN4O/c1-24-13-8-18(6-7-18)14-21-17(20)23-11-9-22(10-12-23)16-4-2-15(19)3-5-16/h2-5H,6-14H2,1H3,(H2,20,21). The molecule has 6 heteroatoms. The Bertz CT molecular complexity index is 563. The molecule has 2 aliphatic rings. The van der Waals surface area contributed by atoms with Crippen LogP contribution in [0.15, 0.2) is 29.3 Å². The lowest BCUT2D eigenvalue weighted by atomic mass is 10.0. The number of piperazine rings is 1. The van der Waals surface area contributed by atoms with E-state index < -0.39 is 0 Å². The number of nitrogens with two attached hydrogens (primary N) is 1. The van der Waals surface area contributed by atoms with E-state index in [2.05, 4.69) is 14.8 Å². The molecule has 1 heterocycles. The van der Waals surface area contributed by atoms with Gasteiger partial charge in [0.05, 0.1) is 0 Å². The lowest BCUT2D eigenvalue weighted by Gasteiger charge is -2.36. The molecule has 1 saturated heterocycles. The summed E-state index contributed by atoms with van der Waals surface area (Å²) in [4.78, 5) is 9.04. The number of rotatable bonds is 6. The predicted molar refractivity (Wildman–Crippen MR) is 94.8 cm³/mol. The molecule has 2 fully saturated rings. The molecule has 0 unspecified atom stereocenters. The third kappa shape index (κ3) is 4.17. The number of nitrogens with zero attached hydrogens (tertiary/aromatic N) is 3. The summed E-state index contributed by atoms with van der Waals surface area (Å²) in [6.45, 7) is 5.04. The van der Waals surface area contributed by atoms with E-state index in [1.807, 2.05) is 12.1 Å². The summed E-state index contributed by atoms with van der Waals surface area (Å²) in [6.07, 6.45) is 3.52. The van der Waals surface area contributed by atoms with Crippen LogP contribution in [0.25, 0.3) is 0 Å². The van der Waals surface area contributed by atoms with E-state index in [1.165, 1.54) is 25.0 Å². The maximum atomic E-state index is 13.0. The van der Waals surface area contributed by atoms with E-state index in [4.69, 9.17) is 10.5 Å². The van der Waals surface area contributed by atoms with Gasteiger partial charge >= 0.3 is 0 Å². The maximum Gasteiger partial charge on any atom is 0.191 e. The highest BCUT2D eigenvalue weighted by Gasteiger charge is 2.41. The van der Waals surface area contributed by atoms with E-state index in [9.17, 15) is 4.39 Å². The van der Waals surface area contributed by atoms with Crippen LogP contribution < -0.4 is 10.6 Å². The monoisotopic (exact) mass is 334 g/mol. The van der Waals surface area contributed by atoms with E-state index in [0.717, 1.165) is 51.4 Å². The summed E-state index contributed by atoms with van der Waals surface area (Å²) >= 11 is 0. The Morgan fingerprint density at radius 1 is 1.21 bits per heavy atom. The lowest BCUT2D eigenvalue weighted by molar-refractivity contribution is 0.174. The van der Waals surface area contributed by atoms with Crippen LogP contribution in [0.5, 0.6) is 0 Å². The van der Waals surface area contributed by atoms with Gasteiger partial charge in [-0.05, 0) is 48.9 Å². The Morgan fingerprint density at radius 2 is 1.88 bits per heavy atom. The average Bonchev–Trinajstić information content (AvgIpc) is 3.39. The molecule has 1 aromatic carbocycles. The smallest absolute Gasteiger partial charge is 0.191 e. The number of guanidine groups is 1. The van der Waals surface area contributed by atoms with Gasteiger partial charge in [-0.1, -0.05) is 0 Å². The molecule has 132 valence electrons. The normalized spacial score (nSPS) is 20.3. The number of anilines is 1. The quantitative estimate of drug-likeness (QED) is 0.639. The molecule has 0 aromatic heterocycles. The Hall–Kier alpha value is -1.82. The number of ether oxygens (including phenoxy) is 1. The second-order valence-electron chi connectivity index (χ2n) is 6.87. The number of benzene rings is 1. The van der Waals surface area contributed by atoms with Crippen LogP contribution in [0.3, 0.4) is 0 Å². The van der Waals surface area contributed by atoms with Gasteiger partial charge in [0.15, 0.2) is 5.96 Å². The van der Waals surface area contributed by atoms with Crippen LogP contribution in [0.2, 0.25) is 0 Å². The van der Waals surface area contributed by atoms with Crippen molar-refractivity contribution in [1.29, 1.82) is 0 Å². The molecule has 24 heavy (non-hydrogen) atoms. The van der Waals surface area contributed by atoms with Gasteiger partial charge in [0.2, 0.25) is 0 Å². The minimum absolute atomic E-state index is 0.198. The largest absolute Gasteiger partial charge is 0.385 e. The third-order valence-electron chi connectivity index (χ3n) is 5.17. The number of aliphatic imine (C=N–C) groups is 1. The fraction of sp³-hybridized carbons (Fsp3) is 0.611. The van der Waals surface area contributed by atoms with Gasteiger partial charge in [-0.3, -0.25) is 4.99 Å². The Morgan fingerprint density at radius 3 is 2.46 bits per heavy atom. The first-order valence-electron chi connectivity index (χ1n) is 8.66. The van der Waals surface area contributed by atoms with Gasteiger partial charge in [-0.2, -0.15) is 0 Å². The fourth-order valence-electron chi connectivity index (χ4n) is 3.18. The second-order valence-corrected chi connectivity index (χ2v) is 6.87. The molecule has 1 saturated carbocycles. The molecule has 1 aliphatic heterocycles. The first-order chi connectivity index (χ1) is 11.6. The maximum absolute atomic E-state index is 13.0. The number of hydrogen-bond donors (Lipinski definition) is 1. The van der Waals surface area contributed by atoms with Crippen LogP contribution in [0.1, 0.15) is 19.3 Å². The SMILES string of the molecule is COCCC1(CN=C(N)N2CCN(c3ccc(F)cc3)CC2)CC1. The summed E-state index contributed by atoms with van der Waals surface area (Å²) in [6, 6.07) is 6.67. The summed E-state index contributed by atoms with van der Waals surface area (Å²) in [5.41, 5.74) is 7.58. The van der Waals surface area contributed by atoms with Gasteiger partial charge in [-0.15, -0.1) is 0 Å². The molecule has 3 rings (SSSR count). The highest BCUT2D eigenvalue weighted by Crippen LogP contribution is 2.48. The predicted octanol–water partition coefficient (Wildman–Crippen LogP) is 2.08. The molecule has 0 bridgehead atoms. The van der Waals surface area contributed by atoms with Crippen LogP contribution in [-0.2, 0) is 4.74 Å². The first-order valence-corrected chi connectivity index (χ1v) is 8.66. The molecular formula is C18H27FN4O. The molecule has 0 spiro atoms. The van der Waals surface area contributed by atoms with Crippen LogP contribution in [-0.4, -0.2) is 57.3 Å². The van der Waals surface area contributed by atoms with Crippen molar-refractivity contribution in [2.75, 3.05) is 51.3 Å².